The minimum Gasteiger partial charge on any atom is -0.322 e. The number of nitrogens with two attached hydrogens (primary N) is 1. The van der Waals surface area contributed by atoms with Gasteiger partial charge in [0.2, 0.25) is 0 Å². The lowest BCUT2D eigenvalue weighted by Crippen LogP contribution is -2.15. The lowest BCUT2D eigenvalue weighted by Gasteiger charge is -2.13. The number of nitrogens with zero attached hydrogens (tertiary/aromatic N) is 1. The van der Waals surface area contributed by atoms with E-state index in [9.17, 15) is 0 Å². The summed E-state index contributed by atoms with van der Waals surface area (Å²) in [7, 11) is 0. The highest BCUT2D eigenvalue weighted by Gasteiger charge is 2.12. The van der Waals surface area contributed by atoms with Crippen molar-refractivity contribution >= 4 is 33.4 Å². The van der Waals surface area contributed by atoms with Gasteiger partial charge in [-0.15, -0.1) is 0 Å². The van der Waals surface area contributed by atoms with Crippen LogP contribution in [0.25, 0.3) is 10.8 Å². The van der Waals surface area contributed by atoms with Crippen LogP contribution in [0.3, 0.4) is 0 Å². The Morgan fingerprint density at radius 1 is 1.00 bits per heavy atom. The summed E-state index contributed by atoms with van der Waals surface area (Å²) in [5, 5.41) is 2.34. The van der Waals surface area contributed by atoms with Gasteiger partial charge in [-0.25, -0.2) is 0 Å². The number of hydrogen-bond acceptors (Lipinski definition) is 2. The standard InChI is InChI=1S/C17H15IN2/c18-14-7-5-12(6-8-14)11-16(19)17-15-4-2-1-3-13(15)9-10-20-17/h1-10,16H,11,19H2. The van der Waals surface area contributed by atoms with E-state index in [1.165, 1.54) is 14.5 Å². The third-order valence-electron chi connectivity index (χ3n) is 3.42. The van der Waals surface area contributed by atoms with E-state index in [2.05, 4.69) is 64.0 Å². The molecule has 0 saturated heterocycles. The van der Waals surface area contributed by atoms with E-state index < -0.39 is 0 Å². The lowest BCUT2D eigenvalue weighted by molar-refractivity contribution is 0.704. The van der Waals surface area contributed by atoms with Crippen molar-refractivity contribution in [2.75, 3.05) is 0 Å². The Morgan fingerprint density at radius 2 is 1.75 bits per heavy atom. The zero-order chi connectivity index (χ0) is 13.9. The molecule has 1 aromatic heterocycles. The van der Waals surface area contributed by atoms with Crippen LogP contribution in [0.1, 0.15) is 17.3 Å². The highest BCUT2D eigenvalue weighted by Crippen LogP contribution is 2.23. The van der Waals surface area contributed by atoms with Gasteiger partial charge >= 0.3 is 0 Å². The van der Waals surface area contributed by atoms with Crippen molar-refractivity contribution in [2.24, 2.45) is 5.73 Å². The highest BCUT2D eigenvalue weighted by molar-refractivity contribution is 14.1. The molecule has 0 aliphatic rings. The molecule has 0 aliphatic carbocycles. The SMILES string of the molecule is NC(Cc1ccc(I)cc1)c1nccc2ccccc12. The van der Waals surface area contributed by atoms with Crippen molar-refractivity contribution in [3.05, 3.63) is 75.6 Å². The molecule has 0 saturated carbocycles. The lowest BCUT2D eigenvalue weighted by atomic mass is 9.99. The van der Waals surface area contributed by atoms with E-state index >= 15 is 0 Å². The molecule has 0 bridgehead atoms. The molecule has 2 N–H and O–H groups in total. The van der Waals surface area contributed by atoms with Crippen molar-refractivity contribution in [3.63, 3.8) is 0 Å². The van der Waals surface area contributed by atoms with Crippen LogP contribution >= 0.6 is 22.6 Å². The summed E-state index contributed by atoms with van der Waals surface area (Å²) >= 11 is 2.31. The van der Waals surface area contributed by atoms with Crippen LogP contribution in [-0.2, 0) is 6.42 Å². The predicted molar refractivity (Wildman–Crippen MR) is 91.5 cm³/mol. The number of aromatic nitrogens is 1. The topological polar surface area (TPSA) is 38.9 Å². The van der Waals surface area contributed by atoms with Gasteiger partial charge in [0, 0.05) is 15.2 Å². The number of benzene rings is 2. The van der Waals surface area contributed by atoms with Gasteiger partial charge in [0.15, 0.2) is 0 Å². The summed E-state index contributed by atoms with van der Waals surface area (Å²) in [6.45, 7) is 0. The van der Waals surface area contributed by atoms with Crippen LogP contribution in [0.5, 0.6) is 0 Å². The van der Waals surface area contributed by atoms with E-state index in [-0.39, 0.29) is 6.04 Å². The molecule has 100 valence electrons. The molecule has 0 amide bonds. The van der Waals surface area contributed by atoms with E-state index in [0.29, 0.717) is 0 Å². The predicted octanol–water partition coefficient (Wildman–Crippen LogP) is 4.08. The minimum absolute atomic E-state index is 0.0823. The minimum atomic E-state index is -0.0823. The van der Waals surface area contributed by atoms with Crippen molar-refractivity contribution < 1.29 is 0 Å². The number of pyridine rings is 1. The maximum atomic E-state index is 6.37. The monoisotopic (exact) mass is 374 g/mol. The maximum Gasteiger partial charge on any atom is 0.0652 e. The normalized spacial score (nSPS) is 12.5. The molecule has 3 rings (SSSR count). The Morgan fingerprint density at radius 3 is 2.55 bits per heavy atom. The van der Waals surface area contributed by atoms with Gasteiger partial charge in [-0.3, -0.25) is 4.98 Å². The largest absolute Gasteiger partial charge is 0.322 e. The first kappa shape index (κ1) is 13.5. The number of halogens is 1. The van der Waals surface area contributed by atoms with Gasteiger partial charge in [-0.05, 0) is 58.2 Å². The third kappa shape index (κ3) is 2.83. The molecule has 3 aromatic rings. The van der Waals surface area contributed by atoms with Gasteiger partial charge < -0.3 is 5.73 Å². The summed E-state index contributed by atoms with van der Waals surface area (Å²) in [4.78, 5) is 4.49. The average molecular weight is 374 g/mol. The molecule has 0 fully saturated rings. The van der Waals surface area contributed by atoms with Crippen LogP contribution in [-0.4, -0.2) is 4.98 Å². The molecule has 0 aliphatic heterocycles. The molecular formula is C17H15IN2. The Bertz CT molecular complexity index is 717. The molecule has 20 heavy (non-hydrogen) atoms. The second kappa shape index (κ2) is 5.89. The summed E-state index contributed by atoms with van der Waals surface area (Å²) in [5.41, 5.74) is 8.58. The molecule has 2 nitrogen and oxygen atoms in total. The average Bonchev–Trinajstić information content (AvgIpc) is 2.49. The van der Waals surface area contributed by atoms with Crippen molar-refractivity contribution in [1.82, 2.24) is 4.98 Å². The molecule has 2 aromatic carbocycles. The molecular weight excluding hydrogens is 359 g/mol. The summed E-state index contributed by atoms with van der Waals surface area (Å²) < 4.78 is 1.24. The second-order valence-electron chi connectivity index (χ2n) is 4.85. The quantitative estimate of drug-likeness (QED) is 0.702. The first-order valence-electron chi connectivity index (χ1n) is 6.58. The van der Waals surface area contributed by atoms with Crippen LogP contribution in [0.4, 0.5) is 0 Å². The van der Waals surface area contributed by atoms with E-state index in [0.717, 1.165) is 17.5 Å². The van der Waals surface area contributed by atoms with E-state index in [4.69, 9.17) is 5.73 Å². The Balaban J connectivity index is 1.92. The first-order chi connectivity index (χ1) is 9.74. The maximum absolute atomic E-state index is 6.37. The van der Waals surface area contributed by atoms with Crippen molar-refractivity contribution in [2.45, 2.75) is 12.5 Å². The van der Waals surface area contributed by atoms with Gasteiger partial charge in [-0.2, -0.15) is 0 Å². The fraction of sp³-hybridized carbons (Fsp3) is 0.118. The summed E-state index contributed by atoms with van der Waals surface area (Å²) in [5.74, 6) is 0. The van der Waals surface area contributed by atoms with Crippen LogP contribution in [0.15, 0.2) is 60.8 Å². The van der Waals surface area contributed by atoms with Gasteiger partial charge in [0.1, 0.15) is 0 Å². The van der Waals surface area contributed by atoms with E-state index in [1.807, 2.05) is 24.4 Å². The number of fused-ring (bicyclic) bond motifs is 1. The number of rotatable bonds is 3. The molecule has 0 spiro atoms. The second-order valence-corrected chi connectivity index (χ2v) is 6.10. The van der Waals surface area contributed by atoms with Crippen LogP contribution in [0, 0.1) is 3.57 Å². The Labute approximate surface area is 132 Å². The van der Waals surface area contributed by atoms with Crippen molar-refractivity contribution in [3.8, 4) is 0 Å². The van der Waals surface area contributed by atoms with E-state index in [1.54, 1.807) is 0 Å². The smallest absolute Gasteiger partial charge is 0.0652 e. The van der Waals surface area contributed by atoms with Gasteiger partial charge in [0.25, 0.3) is 0 Å². The fourth-order valence-corrected chi connectivity index (χ4v) is 2.77. The molecule has 1 atom stereocenters. The molecule has 1 unspecified atom stereocenters. The molecule has 0 radical (unpaired) electrons. The van der Waals surface area contributed by atoms with Crippen molar-refractivity contribution in [1.29, 1.82) is 0 Å². The Kier molecular flexibility index (Phi) is 3.98. The third-order valence-corrected chi connectivity index (χ3v) is 4.14. The zero-order valence-electron chi connectivity index (χ0n) is 11.0. The number of hydrogen-bond donors (Lipinski definition) is 1. The highest BCUT2D eigenvalue weighted by atomic mass is 127. The van der Waals surface area contributed by atoms with Crippen LogP contribution in [0.2, 0.25) is 0 Å². The van der Waals surface area contributed by atoms with Crippen LogP contribution < -0.4 is 5.73 Å². The van der Waals surface area contributed by atoms with Gasteiger partial charge in [-0.1, -0.05) is 36.4 Å². The summed E-state index contributed by atoms with van der Waals surface area (Å²) in [6.07, 6.45) is 2.64. The Hall–Kier alpha value is -1.46. The first-order valence-corrected chi connectivity index (χ1v) is 7.65. The zero-order valence-corrected chi connectivity index (χ0v) is 13.1. The van der Waals surface area contributed by atoms with Gasteiger partial charge in [0.05, 0.1) is 11.7 Å². The summed E-state index contributed by atoms with van der Waals surface area (Å²) in [6, 6.07) is 18.7. The fourth-order valence-electron chi connectivity index (χ4n) is 2.41. The molecule has 1 heterocycles. The molecule has 3 heteroatoms.